The minimum absolute atomic E-state index is 0.0894. The summed E-state index contributed by atoms with van der Waals surface area (Å²) < 4.78 is 0. The van der Waals surface area contributed by atoms with Gasteiger partial charge in [-0.25, -0.2) is 10.0 Å². The summed E-state index contributed by atoms with van der Waals surface area (Å²) in [5.74, 6) is 0.615. The van der Waals surface area contributed by atoms with Crippen molar-refractivity contribution in [1.82, 2.24) is 10.0 Å². The van der Waals surface area contributed by atoms with Gasteiger partial charge in [-0.2, -0.15) is 10.2 Å². The lowest BCUT2D eigenvalue weighted by molar-refractivity contribution is -0.150. The molecule has 300 valence electrons. The van der Waals surface area contributed by atoms with Gasteiger partial charge >= 0.3 is 0 Å². The molecule has 0 bridgehead atoms. The second-order valence-electron chi connectivity index (χ2n) is 17.8. The van der Waals surface area contributed by atoms with Gasteiger partial charge in [0.15, 0.2) is 0 Å². The van der Waals surface area contributed by atoms with Crippen molar-refractivity contribution in [2.75, 3.05) is 0 Å². The van der Waals surface area contributed by atoms with Gasteiger partial charge < -0.3 is 0 Å². The first-order chi connectivity index (χ1) is 24.1. The topological polar surface area (TPSA) is 65.3 Å². The van der Waals surface area contributed by atoms with Crippen LogP contribution in [0, 0.1) is 29.6 Å². The van der Waals surface area contributed by atoms with E-state index in [0.717, 1.165) is 56.4 Å². The normalized spacial score (nSPS) is 14.5. The van der Waals surface area contributed by atoms with Crippen molar-refractivity contribution >= 4 is 23.2 Å². The van der Waals surface area contributed by atoms with Crippen LogP contribution in [0.4, 0.5) is 0 Å². The first kappa shape index (κ1) is 49.3. The summed E-state index contributed by atoms with van der Waals surface area (Å²) in [6, 6.07) is -0.179. The number of nitrogens with zero attached hydrogens (tertiary/aromatic N) is 4. The third-order valence-electron chi connectivity index (χ3n) is 9.82. The van der Waals surface area contributed by atoms with Crippen molar-refractivity contribution in [1.29, 1.82) is 0 Å². The summed E-state index contributed by atoms with van der Waals surface area (Å²) in [5, 5.41) is 13.3. The Bertz CT molecular complexity index is 896. The molecule has 0 radical (unpaired) electrons. The van der Waals surface area contributed by atoms with Crippen LogP contribution >= 0.6 is 0 Å². The van der Waals surface area contributed by atoms with Crippen LogP contribution < -0.4 is 0 Å². The van der Waals surface area contributed by atoms with Gasteiger partial charge in [0.2, 0.25) is 0 Å². The van der Waals surface area contributed by atoms with Crippen LogP contribution in [0.15, 0.2) is 10.2 Å². The SMILES string of the molecule is CCCCCCCCCCCCCCCCCCC(C(=O)N(N=C(C)CC(C)C)C(C)CC(C)C)C(=O)N(N=C(C)CC(C)C)C(C)CC(C)C. The zero-order valence-corrected chi connectivity index (χ0v) is 36.5. The molecule has 6 heteroatoms. The molecule has 0 aliphatic rings. The predicted molar refractivity (Wildman–Crippen MR) is 224 cm³/mol. The summed E-state index contributed by atoms with van der Waals surface area (Å²) in [6.45, 7) is 28.0. The van der Waals surface area contributed by atoms with Crippen molar-refractivity contribution < 1.29 is 9.59 Å². The molecule has 0 aliphatic carbocycles. The van der Waals surface area contributed by atoms with Crippen molar-refractivity contribution in [2.24, 2.45) is 39.8 Å². The third-order valence-corrected chi connectivity index (χ3v) is 9.82. The van der Waals surface area contributed by atoms with E-state index >= 15 is 0 Å². The summed E-state index contributed by atoms with van der Waals surface area (Å²) in [7, 11) is 0. The predicted octanol–water partition coefficient (Wildman–Crippen LogP) is 13.6. The summed E-state index contributed by atoms with van der Waals surface area (Å²) in [5.41, 5.74) is 1.89. The van der Waals surface area contributed by atoms with Crippen molar-refractivity contribution in [3.63, 3.8) is 0 Å². The Kier molecular flexibility index (Phi) is 28.7. The van der Waals surface area contributed by atoms with Gasteiger partial charge in [-0.05, 0) is 83.5 Å². The van der Waals surface area contributed by atoms with E-state index in [1.165, 1.54) is 83.5 Å². The number of amides is 2. The zero-order valence-electron chi connectivity index (χ0n) is 36.5. The maximum atomic E-state index is 14.7. The maximum absolute atomic E-state index is 14.7. The molecular formula is C45H88N4O2. The lowest BCUT2D eigenvalue weighted by Gasteiger charge is -2.33. The molecule has 2 atom stereocenters. The molecule has 0 saturated heterocycles. The molecule has 0 aromatic carbocycles. The zero-order chi connectivity index (χ0) is 38.8. The van der Waals surface area contributed by atoms with Gasteiger partial charge in [-0.15, -0.1) is 0 Å². The molecule has 0 N–H and O–H groups in total. The minimum atomic E-state index is -0.785. The molecule has 2 unspecified atom stereocenters. The highest BCUT2D eigenvalue weighted by Crippen LogP contribution is 2.25. The van der Waals surface area contributed by atoms with Gasteiger partial charge in [0.1, 0.15) is 5.92 Å². The summed E-state index contributed by atoms with van der Waals surface area (Å²) in [6.07, 6.45) is 24.7. The smallest absolute Gasteiger partial charge is 0.255 e. The Morgan fingerprint density at radius 3 is 1.02 bits per heavy atom. The Morgan fingerprint density at radius 1 is 0.451 bits per heavy atom. The van der Waals surface area contributed by atoms with E-state index in [0.29, 0.717) is 30.1 Å². The minimum Gasteiger partial charge on any atom is -0.272 e. The average Bonchev–Trinajstić information content (AvgIpc) is 3.02. The van der Waals surface area contributed by atoms with Crippen molar-refractivity contribution in [3.8, 4) is 0 Å². The molecule has 0 aliphatic heterocycles. The van der Waals surface area contributed by atoms with E-state index < -0.39 is 5.92 Å². The molecule has 0 aromatic heterocycles. The number of unbranched alkanes of at least 4 members (excludes halogenated alkanes) is 15. The molecular weight excluding hydrogens is 629 g/mol. The van der Waals surface area contributed by atoms with E-state index in [9.17, 15) is 9.59 Å². The molecule has 0 spiro atoms. The largest absolute Gasteiger partial charge is 0.272 e. The van der Waals surface area contributed by atoms with Gasteiger partial charge in [0.05, 0.1) is 12.1 Å². The van der Waals surface area contributed by atoms with Crippen LogP contribution in [0.1, 0.15) is 225 Å². The number of carbonyl (C=O) groups is 2. The standard InChI is InChI=1S/C45H88N4O2/c1-14-15-16-17-18-19-20-21-22-23-24-25-26-27-28-29-30-43(44(50)48(41(12)33-37(6)7)46-39(10)31-35(2)3)45(51)49(42(13)34-38(8)9)47-40(11)32-36(4)5/h35-38,41-43H,14-34H2,1-13H3. The number of hydrazone groups is 2. The second kappa shape index (κ2) is 29.7. The van der Waals surface area contributed by atoms with Gasteiger partial charge in [-0.1, -0.05) is 165 Å². The highest BCUT2D eigenvalue weighted by atomic mass is 16.2. The van der Waals surface area contributed by atoms with Crippen LogP contribution in [0.5, 0.6) is 0 Å². The lowest BCUT2D eigenvalue weighted by atomic mass is 9.95. The first-order valence-electron chi connectivity index (χ1n) is 21.8. The quantitative estimate of drug-likeness (QED) is 0.0310. The summed E-state index contributed by atoms with van der Waals surface area (Å²) in [4.78, 5) is 29.3. The molecule has 0 fully saturated rings. The second-order valence-corrected chi connectivity index (χ2v) is 17.8. The third kappa shape index (κ3) is 25.0. The lowest BCUT2D eigenvalue weighted by Crippen LogP contribution is -2.48. The van der Waals surface area contributed by atoms with E-state index in [1.54, 1.807) is 10.0 Å². The molecule has 0 saturated carbocycles. The molecule has 0 heterocycles. The van der Waals surface area contributed by atoms with E-state index in [-0.39, 0.29) is 23.9 Å². The fraction of sp³-hybridized carbons (Fsp3) is 0.911. The monoisotopic (exact) mass is 717 g/mol. The Hall–Kier alpha value is -1.72. The van der Waals surface area contributed by atoms with Crippen LogP contribution in [0.2, 0.25) is 0 Å². The number of rotatable bonds is 31. The fourth-order valence-corrected chi connectivity index (χ4v) is 7.49. The highest BCUT2D eigenvalue weighted by molar-refractivity contribution is 6.01. The van der Waals surface area contributed by atoms with E-state index in [4.69, 9.17) is 10.2 Å². The molecule has 0 aromatic rings. The van der Waals surface area contributed by atoms with Gasteiger partial charge in [0, 0.05) is 11.4 Å². The van der Waals surface area contributed by atoms with Gasteiger partial charge in [-0.3, -0.25) is 9.59 Å². The van der Waals surface area contributed by atoms with E-state index in [1.807, 2.05) is 13.8 Å². The van der Waals surface area contributed by atoms with Crippen LogP contribution in [0.3, 0.4) is 0 Å². The maximum Gasteiger partial charge on any atom is 0.255 e. The molecule has 51 heavy (non-hydrogen) atoms. The first-order valence-corrected chi connectivity index (χ1v) is 21.8. The summed E-state index contributed by atoms with van der Waals surface area (Å²) >= 11 is 0. The fourth-order valence-electron chi connectivity index (χ4n) is 7.49. The van der Waals surface area contributed by atoms with Gasteiger partial charge in [0.25, 0.3) is 11.8 Å². The number of carbonyl (C=O) groups excluding carboxylic acids is 2. The van der Waals surface area contributed by atoms with Crippen molar-refractivity contribution in [2.45, 2.75) is 237 Å². The van der Waals surface area contributed by atoms with Crippen LogP contribution in [-0.2, 0) is 9.59 Å². The highest BCUT2D eigenvalue weighted by Gasteiger charge is 2.37. The Balaban J connectivity index is 5.75. The van der Waals surface area contributed by atoms with Crippen LogP contribution in [-0.4, -0.2) is 45.3 Å². The van der Waals surface area contributed by atoms with E-state index in [2.05, 4.69) is 76.2 Å². The Labute approximate surface area is 318 Å². The average molecular weight is 717 g/mol. The number of hydrogen-bond acceptors (Lipinski definition) is 4. The molecule has 0 rings (SSSR count). The Morgan fingerprint density at radius 2 is 0.745 bits per heavy atom. The van der Waals surface area contributed by atoms with Crippen molar-refractivity contribution in [3.05, 3.63) is 0 Å². The molecule has 6 nitrogen and oxygen atoms in total. The molecule has 2 amide bonds. The van der Waals surface area contributed by atoms with Crippen LogP contribution in [0.25, 0.3) is 0 Å². The number of hydrogen-bond donors (Lipinski definition) is 0.